The molecular weight excluding hydrogens is 632 g/mol. The summed E-state index contributed by atoms with van der Waals surface area (Å²) in [5.41, 5.74) is 0.281. The second kappa shape index (κ2) is 17.9. The summed E-state index contributed by atoms with van der Waals surface area (Å²) in [6.07, 6.45) is 3.45. The first kappa shape index (κ1) is 40.6. The minimum Gasteiger partial charge on any atom is -0.459 e. The molecule has 0 spiro atoms. The average molecular weight is 691 g/mol. The maximum Gasteiger partial charge on any atom is 0.330 e. The van der Waals surface area contributed by atoms with Crippen molar-refractivity contribution in [3.05, 3.63) is 83.9 Å². The third-order valence-corrected chi connectivity index (χ3v) is 9.43. The molecule has 274 valence electrons. The molecule has 0 saturated heterocycles. The quantitative estimate of drug-likeness (QED) is 0.0795. The van der Waals surface area contributed by atoms with E-state index >= 15 is 0 Å². The van der Waals surface area contributed by atoms with E-state index in [4.69, 9.17) is 18.9 Å². The summed E-state index contributed by atoms with van der Waals surface area (Å²) in [6.45, 7) is 17.2. The maximum atomic E-state index is 13.5. The standard InChI is InChI=1S/C42H58O8/c1-29-20-22-35(42(8,9)31-18-14-11-15-19-31)36(24-29)50-37(44)23-21-32(48-38(45)40(2,3)4)25-33(47-28-30-16-12-10-13-17-30)26-34(27-43)49-39(46)41(5,6)7/h10-19,21,23,27,29,32-36H,20,22,24-26,28H2,1-9H3/b23-21-/t29-,32-,33+,34-,35-,36-/m1/s1. The van der Waals surface area contributed by atoms with Crippen LogP contribution in [0, 0.1) is 22.7 Å². The van der Waals surface area contributed by atoms with E-state index in [1.165, 1.54) is 17.7 Å². The molecular formula is C42H58O8. The van der Waals surface area contributed by atoms with Gasteiger partial charge in [0.15, 0.2) is 12.4 Å². The van der Waals surface area contributed by atoms with Crippen LogP contribution in [0.5, 0.6) is 0 Å². The lowest BCUT2D eigenvalue weighted by molar-refractivity contribution is -0.163. The molecule has 1 aliphatic rings. The molecule has 2 aromatic rings. The molecule has 1 aliphatic carbocycles. The van der Waals surface area contributed by atoms with E-state index in [0.29, 0.717) is 12.2 Å². The third-order valence-electron chi connectivity index (χ3n) is 9.43. The number of hydrogen-bond acceptors (Lipinski definition) is 8. The van der Waals surface area contributed by atoms with Crippen LogP contribution >= 0.6 is 0 Å². The fourth-order valence-electron chi connectivity index (χ4n) is 6.21. The molecule has 0 aromatic heterocycles. The first-order valence-corrected chi connectivity index (χ1v) is 17.9. The summed E-state index contributed by atoms with van der Waals surface area (Å²) in [5.74, 6) is -0.943. The molecule has 0 radical (unpaired) electrons. The zero-order chi connectivity index (χ0) is 37.1. The van der Waals surface area contributed by atoms with Crippen molar-refractivity contribution in [2.75, 3.05) is 0 Å². The van der Waals surface area contributed by atoms with Crippen molar-refractivity contribution in [1.82, 2.24) is 0 Å². The molecule has 50 heavy (non-hydrogen) atoms. The lowest BCUT2D eigenvalue weighted by Crippen LogP contribution is -2.43. The Morgan fingerprint density at radius 2 is 1.32 bits per heavy atom. The Balaban J connectivity index is 1.84. The highest BCUT2D eigenvalue weighted by molar-refractivity contribution is 5.82. The Kier molecular flexibility index (Phi) is 14.6. The number of aldehydes is 1. The smallest absolute Gasteiger partial charge is 0.330 e. The van der Waals surface area contributed by atoms with Crippen molar-refractivity contribution in [2.45, 2.75) is 131 Å². The van der Waals surface area contributed by atoms with Crippen LogP contribution in [0.3, 0.4) is 0 Å². The Labute approximate surface area is 299 Å². The third kappa shape index (κ3) is 12.5. The molecule has 1 saturated carbocycles. The largest absolute Gasteiger partial charge is 0.459 e. The lowest BCUT2D eigenvalue weighted by Gasteiger charge is -2.43. The van der Waals surface area contributed by atoms with Gasteiger partial charge in [-0.25, -0.2) is 4.79 Å². The van der Waals surface area contributed by atoms with Crippen molar-refractivity contribution >= 4 is 24.2 Å². The molecule has 0 amide bonds. The van der Waals surface area contributed by atoms with E-state index in [1.807, 2.05) is 48.5 Å². The molecule has 0 unspecified atom stereocenters. The van der Waals surface area contributed by atoms with E-state index in [9.17, 15) is 19.2 Å². The SMILES string of the molecule is C[C@@H]1CC[C@@H](C(C)(C)c2ccccc2)[C@H](OC(=O)/C=C\[C@H](C[C@@H](C[C@H](C=O)OC(=O)C(C)(C)C)OCc2ccccc2)OC(=O)C(C)(C)C)C1. The highest BCUT2D eigenvalue weighted by Crippen LogP contribution is 2.43. The molecule has 8 nitrogen and oxygen atoms in total. The van der Waals surface area contributed by atoms with Gasteiger partial charge >= 0.3 is 17.9 Å². The van der Waals surface area contributed by atoms with Gasteiger partial charge in [-0.2, -0.15) is 0 Å². The van der Waals surface area contributed by atoms with Gasteiger partial charge < -0.3 is 18.9 Å². The van der Waals surface area contributed by atoms with Gasteiger partial charge in [0.05, 0.1) is 23.5 Å². The summed E-state index contributed by atoms with van der Waals surface area (Å²) in [4.78, 5) is 51.3. The van der Waals surface area contributed by atoms with Crippen LogP contribution in [0.1, 0.15) is 106 Å². The van der Waals surface area contributed by atoms with Crippen molar-refractivity contribution in [3.63, 3.8) is 0 Å². The Bertz CT molecular complexity index is 1420. The Morgan fingerprint density at radius 3 is 1.88 bits per heavy atom. The van der Waals surface area contributed by atoms with Crippen LogP contribution in [0.15, 0.2) is 72.8 Å². The van der Waals surface area contributed by atoms with Crippen LogP contribution in [0.25, 0.3) is 0 Å². The van der Waals surface area contributed by atoms with Gasteiger partial charge in [-0.1, -0.05) is 87.9 Å². The van der Waals surface area contributed by atoms with Crippen LogP contribution in [-0.4, -0.2) is 48.6 Å². The van der Waals surface area contributed by atoms with Crippen LogP contribution in [0.2, 0.25) is 0 Å². The van der Waals surface area contributed by atoms with E-state index in [1.54, 1.807) is 41.5 Å². The van der Waals surface area contributed by atoms with Gasteiger partial charge in [0.25, 0.3) is 0 Å². The minimum absolute atomic E-state index is 0.0379. The molecule has 0 heterocycles. The van der Waals surface area contributed by atoms with Gasteiger partial charge in [0.2, 0.25) is 0 Å². The second-order valence-corrected chi connectivity index (χ2v) is 16.4. The monoisotopic (exact) mass is 690 g/mol. The zero-order valence-electron chi connectivity index (χ0n) is 31.5. The summed E-state index contributed by atoms with van der Waals surface area (Å²) in [7, 11) is 0. The van der Waals surface area contributed by atoms with Crippen molar-refractivity contribution < 1.29 is 38.1 Å². The van der Waals surface area contributed by atoms with Gasteiger partial charge in [0, 0.05) is 24.8 Å². The van der Waals surface area contributed by atoms with E-state index in [2.05, 4.69) is 32.9 Å². The zero-order valence-corrected chi connectivity index (χ0v) is 31.5. The number of esters is 3. The predicted octanol–water partition coefficient (Wildman–Crippen LogP) is 8.35. The molecule has 0 N–H and O–H groups in total. The maximum absolute atomic E-state index is 13.5. The Hall–Kier alpha value is -3.78. The number of hydrogen-bond donors (Lipinski definition) is 0. The number of benzene rings is 2. The van der Waals surface area contributed by atoms with Crippen LogP contribution < -0.4 is 0 Å². The molecule has 3 rings (SSSR count). The van der Waals surface area contributed by atoms with E-state index in [0.717, 1.165) is 24.8 Å². The highest BCUT2D eigenvalue weighted by atomic mass is 16.6. The molecule has 0 bridgehead atoms. The van der Waals surface area contributed by atoms with E-state index in [-0.39, 0.29) is 36.9 Å². The lowest BCUT2D eigenvalue weighted by atomic mass is 9.64. The molecule has 2 aromatic carbocycles. The number of rotatable bonds is 15. The predicted molar refractivity (Wildman–Crippen MR) is 194 cm³/mol. The first-order chi connectivity index (χ1) is 23.4. The van der Waals surface area contributed by atoms with E-state index < -0.39 is 47.0 Å². The number of carbonyl (C=O) groups is 4. The van der Waals surface area contributed by atoms with Crippen molar-refractivity contribution in [2.24, 2.45) is 22.7 Å². The molecule has 0 aliphatic heterocycles. The summed E-state index contributed by atoms with van der Waals surface area (Å²) < 4.78 is 23.9. The van der Waals surface area contributed by atoms with Crippen molar-refractivity contribution in [3.8, 4) is 0 Å². The topological polar surface area (TPSA) is 105 Å². The Morgan fingerprint density at radius 1 is 0.780 bits per heavy atom. The normalized spacial score (nSPS) is 20.4. The van der Waals surface area contributed by atoms with Gasteiger partial charge in [0.1, 0.15) is 12.2 Å². The molecule has 8 heteroatoms. The fourth-order valence-corrected chi connectivity index (χ4v) is 6.21. The first-order valence-electron chi connectivity index (χ1n) is 17.9. The second-order valence-electron chi connectivity index (χ2n) is 16.4. The van der Waals surface area contributed by atoms with Crippen LogP contribution in [0.4, 0.5) is 0 Å². The summed E-state index contributed by atoms with van der Waals surface area (Å²) >= 11 is 0. The number of carbonyl (C=O) groups excluding carboxylic acids is 4. The van der Waals surface area contributed by atoms with Crippen molar-refractivity contribution in [1.29, 1.82) is 0 Å². The summed E-state index contributed by atoms with van der Waals surface area (Å²) in [5, 5.41) is 0. The average Bonchev–Trinajstić information content (AvgIpc) is 3.05. The van der Waals surface area contributed by atoms with Crippen LogP contribution in [-0.2, 0) is 50.1 Å². The molecule has 6 atom stereocenters. The fraction of sp³-hybridized carbons (Fsp3) is 0.571. The highest BCUT2D eigenvalue weighted by Gasteiger charge is 2.42. The van der Waals surface area contributed by atoms with Gasteiger partial charge in [-0.15, -0.1) is 0 Å². The summed E-state index contributed by atoms with van der Waals surface area (Å²) in [6, 6.07) is 19.9. The van der Waals surface area contributed by atoms with Gasteiger partial charge in [-0.3, -0.25) is 14.4 Å². The molecule has 1 fully saturated rings. The number of ether oxygens (including phenoxy) is 4. The van der Waals surface area contributed by atoms with Gasteiger partial charge in [-0.05, 0) is 82.9 Å². The minimum atomic E-state index is -1.08.